The monoisotopic (exact) mass is 704 g/mol. The van der Waals surface area contributed by atoms with Crippen molar-refractivity contribution in [1.82, 2.24) is 23.8 Å². The Bertz CT molecular complexity index is 2070. The Hall–Kier alpha value is -3.96. The lowest BCUT2D eigenvalue weighted by molar-refractivity contribution is 0.173. The summed E-state index contributed by atoms with van der Waals surface area (Å²) >= 11 is 6.04. The van der Waals surface area contributed by atoms with E-state index in [2.05, 4.69) is 19.7 Å². The number of hydrogen-bond acceptors (Lipinski definition) is 8. The minimum atomic E-state index is -5.15. The molecule has 4 aromatic rings. The first-order chi connectivity index (χ1) is 22.1. The molecule has 10 nitrogen and oxygen atoms in total. The van der Waals surface area contributed by atoms with Crippen molar-refractivity contribution in [3.8, 4) is 5.75 Å². The van der Waals surface area contributed by atoms with E-state index in [4.69, 9.17) is 11.6 Å². The number of hydrogen-bond donors (Lipinski definition) is 0. The van der Waals surface area contributed by atoms with Crippen molar-refractivity contribution in [2.45, 2.75) is 51.1 Å². The van der Waals surface area contributed by atoms with Gasteiger partial charge < -0.3 is 9.64 Å². The van der Waals surface area contributed by atoms with Crippen LogP contribution in [-0.4, -0.2) is 64.8 Å². The van der Waals surface area contributed by atoms with Crippen LogP contribution in [0.25, 0.3) is 11.0 Å². The molecule has 18 heteroatoms. The molecule has 0 N–H and O–H groups in total. The minimum Gasteiger partial charge on any atom is -0.458 e. The topological polar surface area (TPSA) is 111 Å². The molecule has 0 unspecified atom stereocenters. The van der Waals surface area contributed by atoms with E-state index in [1.54, 1.807) is 12.3 Å². The second-order valence-corrected chi connectivity index (χ2v) is 13.4. The van der Waals surface area contributed by atoms with E-state index in [1.165, 1.54) is 16.4 Å². The molecule has 1 aliphatic rings. The number of rotatable bonds is 8. The molecule has 0 aliphatic carbocycles. The van der Waals surface area contributed by atoms with Crippen LogP contribution < -0.4 is 15.3 Å². The number of alkyl halides is 1. The molecule has 1 atom stereocenters. The van der Waals surface area contributed by atoms with Crippen molar-refractivity contribution in [3.05, 3.63) is 79.9 Å². The molecule has 0 spiro atoms. The number of ether oxygens (including phenoxy) is 1. The van der Waals surface area contributed by atoms with E-state index < -0.39 is 86.6 Å². The van der Waals surface area contributed by atoms with Crippen LogP contribution >= 0.6 is 11.6 Å². The average molecular weight is 705 g/mol. The van der Waals surface area contributed by atoms with Gasteiger partial charge >= 0.3 is 5.69 Å². The Kier molecular flexibility index (Phi) is 9.45. The van der Waals surface area contributed by atoms with Gasteiger partial charge in [-0.15, -0.1) is 0 Å². The van der Waals surface area contributed by atoms with Gasteiger partial charge in [0.05, 0.1) is 11.9 Å². The second kappa shape index (κ2) is 12.9. The summed E-state index contributed by atoms with van der Waals surface area (Å²) in [6.45, 7) is 4.11. The van der Waals surface area contributed by atoms with Gasteiger partial charge in [0, 0.05) is 37.6 Å². The maximum Gasteiger partial charge on any atom is 0.351 e. The number of sulfonamides is 1. The third-order valence-electron chi connectivity index (χ3n) is 7.87. The highest BCUT2D eigenvalue weighted by atomic mass is 35.5. The lowest BCUT2D eigenvalue weighted by Gasteiger charge is -2.40. The van der Waals surface area contributed by atoms with Crippen LogP contribution in [0.3, 0.4) is 0 Å². The van der Waals surface area contributed by atoms with E-state index in [0.717, 1.165) is 22.9 Å². The molecule has 4 heterocycles. The molecule has 252 valence electrons. The normalized spacial score (nSPS) is 16.0. The lowest BCUT2D eigenvalue weighted by atomic mass is 10.00. The molecule has 5 rings (SSSR count). The first-order valence-corrected chi connectivity index (χ1v) is 15.9. The summed E-state index contributed by atoms with van der Waals surface area (Å²) in [6, 6.07) is 1.94. The smallest absolute Gasteiger partial charge is 0.351 e. The first kappa shape index (κ1) is 34.4. The summed E-state index contributed by atoms with van der Waals surface area (Å²) in [5, 5.41) is -0.444. The number of fused-ring (bicyclic) bond motifs is 1. The van der Waals surface area contributed by atoms with Gasteiger partial charge in [0.2, 0.25) is 28.5 Å². The van der Waals surface area contributed by atoms with Crippen LogP contribution in [0.1, 0.15) is 43.5 Å². The van der Waals surface area contributed by atoms with E-state index in [-0.39, 0.29) is 35.9 Å². The third-order valence-corrected chi connectivity index (χ3v) is 10.0. The van der Waals surface area contributed by atoms with Crippen LogP contribution in [0.2, 0.25) is 5.15 Å². The second-order valence-electron chi connectivity index (χ2n) is 11.2. The van der Waals surface area contributed by atoms with Crippen LogP contribution in [0.4, 0.5) is 32.2 Å². The number of pyridine rings is 2. The Balaban J connectivity index is 1.56. The molecule has 1 aliphatic heterocycles. The fourth-order valence-electron chi connectivity index (χ4n) is 5.55. The van der Waals surface area contributed by atoms with E-state index >= 15 is 0 Å². The van der Waals surface area contributed by atoms with Gasteiger partial charge in [0.1, 0.15) is 11.5 Å². The molecule has 0 bridgehead atoms. The van der Waals surface area contributed by atoms with Crippen LogP contribution in [0.5, 0.6) is 5.75 Å². The number of halogens is 7. The third kappa shape index (κ3) is 5.99. The van der Waals surface area contributed by atoms with Crippen LogP contribution in [0, 0.1) is 36.0 Å². The minimum absolute atomic E-state index is 0.00232. The maximum atomic E-state index is 14.8. The first-order valence-electron chi connectivity index (χ1n) is 14.1. The summed E-state index contributed by atoms with van der Waals surface area (Å²) in [5.74, 6) is -12.0. The van der Waals surface area contributed by atoms with E-state index in [9.17, 15) is 39.6 Å². The van der Waals surface area contributed by atoms with Crippen molar-refractivity contribution < 1.29 is 39.5 Å². The highest BCUT2D eigenvalue weighted by Gasteiger charge is 2.41. The molecule has 1 saturated heterocycles. The number of benzene rings is 1. The predicted octanol–water partition coefficient (Wildman–Crippen LogP) is 5.22. The van der Waals surface area contributed by atoms with Crippen molar-refractivity contribution in [2.75, 3.05) is 31.4 Å². The average Bonchev–Trinajstić information content (AvgIpc) is 3.01. The van der Waals surface area contributed by atoms with Crippen LogP contribution in [-0.2, 0) is 16.6 Å². The zero-order chi connectivity index (χ0) is 34.5. The molecule has 1 aromatic carbocycles. The molecular weight excluding hydrogens is 678 g/mol. The summed E-state index contributed by atoms with van der Waals surface area (Å²) in [4.78, 5) is 26.1. The zero-order valence-electron chi connectivity index (χ0n) is 25.3. The Morgan fingerprint density at radius 3 is 2.38 bits per heavy atom. The van der Waals surface area contributed by atoms with Gasteiger partial charge in [-0.2, -0.15) is 13.7 Å². The van der Waals surface area contributed by atoms with E-state index in [0.29, 0.717) is 4.31 Å². The summed E-state index contributed by atoms with van der Waals surface area (Å²) in [7, 11) is -5.15. The van der Waals surface area contributed by atoms with Crippen LogP contribution in [0.15, 0.2) is 28.0 Å². The van der Waals surface area contributed by atoms with E-state index in [1.807, 2.05) is 20.8 Å². The van der Waals surface area contributed by atoms with Crippen molar-refractivity contribution in [1.29, 1.82) is 0 Å². The quantitative estimate of drug-likeness (QED) is 0.106. The van der Waals surface area contributed by atoms with Gasteiger partial charge in [-0.25, -0.2) is 40.1 Å². The summed E-state index contributed by atoms with van der Waals surface area (Å²) in [5.41, 5.74) is 1.50. The van der Waals surface area contributed by atoms with Crippen molar-refractivity contribution in [3.63, 3.8) is 0 Å². The molecule has 47 heavy (non-hydrogen) atoms. The van der Waals surface area contributed by atoms with Gasteiger partial charge in [-0.1, -0.05) is 25.4 Å². The molecule has 0 radical (unpaired) electrons. The molecule has 1 fully saturated rings. The molecular formula is C29H27ClF6N6O4S. The molecule has 0 saturated carbocycles. The predicted molar refractivity (Wildman–Crippen MR) is 159 cm³/mol. The number of aryl methyl sites for hydroxylation is 1. The number of aromatic nitrogens is 4. The van der Waals surface area contributed by atoms with Gasteiger partial charge in [0.25, 0.3) is 0 Å². The van der Waals surface area contributed by atoms with Crippen molar-refractivity contribution in [2.24, 2.45) is 0 Å². The van der Waals surface area contributed by atoms with Crippen molar-refractivity contribution >= 4 is 38.5 Å². The maximum absolute atomic E-state index is 14.8. The Morgan fingerprint density at radius 2 is 1.74 bits per heavy atom. The lowest BCUT2D eigenvalue weighted by Crippen LogP contribution is -2.54. The summed E-state index contributed by atoms with van der Waals surface area (Å²) < 4.78 is 118. The molecule has 3 aromatic heterocycles. The number of piperazine rings is 1. The number of anilines is 1. The highest BCUT2D eigenvalue weighted by molar-refractivity contribution is 7.89. The van der Waals surface area contributed by atoms with Gasteiger partial charge in [-0.3, -0.25) is 9.55 Å². The Morgan fingerprint density at radius 1 is 1.06 bits per heavy atom. The number of nitrogens with zero attached hydrogens (tertiary/aromatic N) is 6. The fourth-order valence-corrected chi connectivity index (χ4v) is 7.38. The summed E-state index contributed by atoms with van der Waals surface area (Å²) in [6.07, 6.45) is 1.65. The molecule has 0 amide bonds. The fraction of sp³-hybridized carbons (Fsp3) is 0.379. The largest absolute Gasteiger partial charge is 0.458 e. The van der Waals surface area contributed by atoms with Gasteiger partial charge in [-0.05, 0) is 43.0 Å². The SMILES string of the molecule is Cc1ccnc(C(C)C)c1Cn1c(=O)nc(N2CCN(S(=O)(=O)c3c(F)c(F)c(F)c(F)c3OCF)C[C@@H]2C)c2cc(F)c(Cl)nc21. The Labute approximate surface area is 269 Å². The zero-order valence-corrected chi connectivity index (χ0v) is 26.9. The standard InChI is InChI=1S/C29H27ClF6N6O4S/c1-13(2)23-17(14(3)5-6-37-23)11-42-27-16(9-18(32)26(30)38-27)28(39-29(42)43)41-8-7-40(10-15(41)4)47(44,45)25-22(36)20(34)19(33)21(35)24(25)46-12-31/h5-6,9,13,15H,7-8,10-12H2,1-4H3/t15-/m0/s1. The van der Waals surface area contributed by atoms with Gasteiger partial charge in [0.15, 0.2) is 33.2 Å². The highest BCUT2D eigenvalue weighted by Crippen LogP contribution is 2.37.